The topological polar surface area (TPSA) is 9.23 Å². The van der Waals surface area contributed by atoms with E-state index < -0.39 is 0 Å². The fraction of sp³-hybridized carbons (Fsp3) is 0.294. The predicted molar refractivity (Wildman–Crippen MR) is 82.8 cm³/mol. The van der Waals surface area contributed by atoms with E-state index in [1.54, 1.807) is 0 Å². The maximum absolute atomic E-state index is 5.51. The van der Waals surface area contributed by atoms with Gasteiger partial charge in [0, 0.05) is 6.61 Å². The summed E-state index contributed by atoms with van der Waals surface area (Å²) in [5.41, 5.74) is 4.36. The molecule has 0 spiro atoms. The Morgan fingerprint density at radius 1 is 1.05 bits per heavy atom. The zero-order valence-corrected chi connectivity index (χ0v) is 12.8. The summed E-state index contributed by atoms with van der Waals surface area (Å²) in [6.07, 6.45) is 0. The van der Waals surface area contributed by atoms with E-state index in [0.717, 1.165) is 6.61 Å². The molecular formula is C17H20OSi. The van der Waals surface area contributed by atoms with Gasteiger partial charge in [-0.1, -0.05) is 62.4 Å². The summed E-state index contributed by atoms with van der Waals surface area (Å²) in [6.45, 7) is 7.32. The summed E-state index contributed by atoms with van der Waals surface area (Å²) < 4.78 is 5.51. The molecule has 1 aromatic rings. The molecule has 0 amide bonds. The van der Waals surface area contributed by atoms with Crippen LogP contribution in [0.4, 0.5) is 0 Å². The van der Waals surface area contributed by atoms with E-state index in [4.69, 9.17) is 4.43 Å². The lowest BCUT2D eigenvalue weighted by atomic mass is 9.88. The van der Waals surface area contributed by atoms with Crippen molar-refractivity contribution in [3.63, 3.8) is 0 Å². The summed E-state index contributed by atoms with van der Waals surface area (Å²) in [5.74, 6) is 0.626. The van der Waals surface area contributed by atoms with Crippen LogP contribution >= 0.6 is 0 Å². The molecule has 19 heavy (non-hydrogen) atoms. The third-order valence-electron chi connectivity index (χ3n) is 2.92. The minimum Gasteiger partial charge on any atom is -0.411 e. The van der Waals surface area contributed by atoms with Gasteiger partial charge in [-0.05, 0) is 34.7 Å². The third kappa shape index (κ3) is 4.05. The van der Waals surface area contributed by atoms with Crippen LogP contribution in [0.3, 0.4) is 0 Å². The van der Waals surface area contributed by atoms with Crippen molar-refractivity contribution in [1.82, 2.24) is 0 Å². The van der Waals surface area contributed by atoms with Crippen LogP contribution in [-0.4, -0.2) is 16.4 Å². The smallest absolute Gasteiger partial charge is 0.268 e. The zero-order chi connectivity index (χ0) is 13.7. The molecule has 0 aliphatic heterocycles. The van der Waals surface area contributed by atoms with Crippen LogP contribution < -0.4 is 5.19 Å². The highest BCUT2D eigenvalue weighted by Gasteiger charge is 2.10. The Morgan fingerprint density at radius 3 is 2.16 bits per heavy atom. The average molecular weight is 268 g/mol. The van der Waals surface area contributed by atoms with Crippen molar-refractivity contribution in [2.45, 2.75) is 20.8 Å². The summed E-state index contributed by atoms with van der Waals surface area (Å²) in [7, 11) is 0.497. The maximum atomic E-state index is 5.51. The van der Waals surface area contributed by atoms with Gasteiger partial charge < -0.3 is 4.43 Å². The van der Waals surface area contributed by atoms with Crippen molar-refractivity contribution in [3.8, 4) is 11.1 Å². The number of hydrogen-bond acceptors (Lipinski definition) is 1. The van der Waals surface area contributed by atoms with Gasteiger partial charge in [-0.2, -0.15) is 0 Å². The van der Waals surface area contributed by atoms with Crippen molar-refractivity contribution in [2.24, 2.45) is 5.92 Å². The summed E-state index contributed by atoms with van der Waals surface area (Å²) in [4.78, 5) is 0. The maximum Gasteiger partial charge on any atom is 0.268 e. The Bertz CT molecular complexity index is 520. The Morgan fingerprint density at radius 2 is 1.79 bits per heavy atom. The van der Waals surface area contributed by atoms with Gasteiger partial charge in [0.25, 0.3) is 9.76 Å². The normalized spacial score (nSPS) is 10.9. The SMILES string of the molecule is CC(C)CO[Si]c1ccccc1.Cc1cc2ccc1-2. The molecule has 2 aliphatic carbocycles. The minimum absolute atomic E-state index is 0.497. The molecule has 0 unspecified atom stereocenters. The molecule has 0 fully saturated rings. The molecular weight excluding hydrogens is 248 g/mol. The van der Waals surface area contributed by atoms with Gasteiger partial charge in [-0.25, -0.2) is 0 Å². The first-order valence-electron chi connectivity index (χ1n) is 6.70. The molecule has 0 atom stereocenters. The van der Waals surface area contributed by atoms with Gasteiger partial charge in [0.2, 0.25) is 0 Å². The number of fused-ring (bicyclic) bond motifs is 1. The van der Waals surface area contributed by atoms with E-state index in [0.29, 0.717) is 15.7 Å². The Hall–Kier alpha value is -1.38. The van der Waals surface area contributed by atoms with Crippen LogP contribution in [0.1, 0.15) is 19.4 Å². The Balaban J connectivity index is 0.000000159. The van der Waals surface area contributed by atoms with Crippen LogP contribution in [0.25, 0.3) is 11.1 Å². The van der Waals surface area contributed by atoms with Crippen LogP contribution in [0, 0.1) is 12.8 Å². The molecule has 2 radical (unpaired) electrons. The Labute approximate surface area is 118 Å². The molecule has 0 heterocycles. The first-order valence-corrected chi connectivity index (χ1v) is 7.61. The molecule has 98 valence electrons. The van der Waals surface area contributed by atoms with Gasteiger partial charge >= 0.3 is 0 Å². The van der Waals surface area contributed by atoms with Gasteiger partial charge in [-0.15, -0.1) is 0 Å². The summed E-state index contributed by atoms with van der Waals surface area (Å²) in [5, 5.41) is 1.28. The van der Waals surface area contributed by atoms with Gasteiger partial charge in [-0.3, -0.25) is 0 Å². The van der Waals surface area contributed by atoms with Gasteiger partial charge in [0.05, 0.1) is 0 Å². The van der Waals surface area contributed by atoms with Crippen molar-refractivity contribution in [2.75, 3.05) is 6.61 Å². The fourth-order valence-corrected chi connectivity index (χ4v) is 2.69. The van der Waals surface area contributed by atoms with Crippen molar-refractivity contribution in [1.29, 1.82) is 0 Å². The second-order valence-corrected chi connectivity index (χ2v) is 6.27. The highest BCUT2D eigenvalue weighted by Crippen LogP contribution is 2.35. The van der Waals surface area contributed by atoms with Crippen molar-refractivity contribution >= 4 is 14.9 Å². The predicted octanol–water partition coefficient (Wildman–Crippen LogP) is 3.58. The first-order chi connectivity index (χ1) is 9.16. The molecule has 0 saturated heterocycles. The molecule has 0 bridgehead atoms. The van der Waals surface area contributed by atoms with Gasteiger partial charge in [0.1, 0.15) is 0 Å². The van der Waals surface area contributed by atoms with Crippen LogP contribution in [0.5, 0.6) is 0 Å². The largest absolute Gasteiger partial charge is 0.411 e. The average Bonchev–Trinajstić information content (AvgIpc) is 2.37. The first kappa shape index (κ1) is 14.0. The van der Waals surface area contributed by atoms with Crippen molar-refractivity contribution in [3.05, 3.63) is 54.1 Å². The third-order valence-corrected chi connectivity index (χ3v) is 3.80. The molecule has 2 heteroatoms. The highest BCUT2D eigenvalue weighted by molar-refractivity contribution is 6.46. The van der Waals surface area contributed by atoms with E-state index in [-0.39, 0.29) is 0 Å². The number of aryl methyl sites for hydroxylation is 1. The Kier molecular flexibility index (Phi) is 4.94. The molecule has 3 rings (SSSR count). The number of benzene rings is 2. The van der Waals surface area contributed by atoms with E-state index in [9.17, 15) is 0 Å². The van der Waals surface area contributed by atoms with Crippen LogP contribution in [0.2, 0.25) is 0 Å². The quantitative estimate of drug-likeness (QED) is 0.657. The zero-order valence-electron chi connectivity index (χ0n) is 11.8. The summed E-state index contributed by atoms with van der Waals surface area (Å²) in [6, 6.07) is 16.8. The van der Waals surface area contributed by atoms with Gasteiger partial charge in [0.15, 0.2) is 0 Å². The molecule has 1 nitrogen and oxygen atoms in total. The van der Waals surface area contributed by atoms with Crippen molar-refractivity contribution < 1.29 is 4.43 Å². The fourth-order valence-electron chi connectivity index (χ4n) is 1.78. The highest BCUT2D eigenvalue weighted by atomic mass is 28.2. The number of hydrogen-bond donors (Lipinski definition) is 0. The molecule has 1 aromatic carbocycles. The van der Waals surface area contributed by atoms with E-state index >= 15 is 0 Å². The van der Waals surface area contributed by atoms with Crippen LogP contribution in [-0.2, 0) is 4.43 Å². The summed E-state index contributed by atoms with van der Waals surface area (Å²) >= 11 is 0. The van der Waals surface area contributed by atoms with E-state index in [2.05, 4.69) is 51.1 Å². The molecule has 2 aliphatic rings. The van der Waals surface area contributed by atoms with Crippen LogP contribution in [0.15, 0.2) is 48.5 Å². The monoisotopic (exact) mass is 268 g/mol. The number of rotatable bonds is 4. The lowest BCUT2D eigenvalue weighted by molar-refractivity contribution is 0.289. The second kappa shape index (κ2) is 6.69. The molecule has 0 saturated carbocycles. The van der Waals surface area contributed by atoms with E-state index in [1.807, 2.05) is 18.2 Å². The standard InChI is InChI=1S/C10H14OSi.C7H6/c1-9(2)8-11-12-10-6-4-3-5-7-10;1-5-4-6-2-3-7(5)6/h3-7,9H,8H2,1-2H3;2-4H,1H3. The second-order valence-electron chi connectivity index (χ2n) is 5.20. The molecule has 0 N–H and O–H groups in total. The lowest BCUT2D eigenvalue weighted by Gasteiger charge is -2.17. The van der Waals surface area contributed by atoms with E-state index in [1.165, 1.54) is 21.9 Å². The molecule has 0 aromatic heterocycles. The lowest BCUT2D eigenvalue weighted by Crippen LogP contribution is -2.18. The minimum atomic E-state index is 0.497.